The van der Waals surface area contributed by atoms with Crippen LogP contribution in [0.15, 0.2) is 107 Å². The van der Waals surface area contributed by atoms with Gasteiger partial charge in [0.25, 0.3) is 11.8 Å². The molecule has 2 amide bonds. The van der Waals surface area contributed by atoms with Crippen LogP contribution < -0.4 is 10.2 Å². The highest BCUT2D eigenvalue weighted by Gasteiger charge is 2.36. The van der Waals surface area contributed by atoms with E-state index in [9.17, 15) is 22.4 Å². The quantitative estimate of drug-likeness (QED) is 0.391. The van der Waals surface area contributed by atoms with Crippen molar-refractivity contribution in [1.29, 1.82) is 0 Å². The van der Waals surface area contributed by atoms with Gasteiger partial charge in [0.05, 0.1) is 33.6 Å². The van der Waals surface area contributed by atoms with Crippen molar-refractivity contribution in [3.05, 3.63) is 125 Å². The first kappa shape index (κ1) is 24.4. The summed E-state index contributed by atoms with van der Waals surface area (Å²) in [6, 6.07) is 25.1. The summed E-state index contributed by atoms with van der Waals surface area (Å²) >= 11 is 0. The molecule has 1 heterocycles. The van der Waals surface area contributed by atoms with Crippen LogP contribution in [0.25, 0.3) is 0 Å². The fraction of sp³-hybridized carbons (Fsp3) is 0.103. The minimum absolute atomic E-state index is 0.0151. The van der Waals surface area contributed by atoms with Gasteiger partial charge >= 0.3 is 0 Å². The van der Waals surface area contributed by atoms with Crippen molar-refractivity contribution in [2.45, 2.75) is 29.3 Å². The predicted molar refractivity (Wildman–Crippen MR) is 138 cm³/mol. The zero-order valence-corrected chi connectivity index (χ0v) is 20.7. The van der Waals surface area contributed by atoms with Gasteiger partial charge in [0.1, 0.15) is 5.82 Å². The van der Waals surface area contributed by atoms with E-state index in [0.29, 0.717) is 0 Å². The standard InChI is InChI=1S/C29H23FN2O4S/c1-19(20-9-3-2-4-10-20)31-28(33)21-15-16-27-25(17-21)32(18-22-11-5-7-13-24(22)30)29(34)23-12-6-8-14-26(23)37(27,35)36/h2-17,19H,18H2,1H3,(H,31,33)/t19-/m0/s1. The van der Waals surface area contributed by atoms with E-state index in [1.54, 1.807) is 18.2 Å². The van der Waals surface area contributed by atoms with Crippen LogP contribution in [0.5, 0.6) is 0 Å². The Morgan fingerprint density at radius 1 is 0.892 bits per heavy atom. The molecule has 0 aromatic heterocycles. The summed E-state index contributed by atoms with van der Waals surface area (Å²) in [6.07, 6.45) is 0. The molecule has 1 aliphatic heterocycles. The third kappa shape index (κ3) is 4.51. The minimum Gasteiger partial charge on any atom is -0.346 e. The lowest BCUT2D eigenvalue weighted by atomic mass is 10.1. The molecule has 0 spiro atoms. The molecule has 0 unspecified atom stereocenters. The smallest absolute Gasteiger partial charge is 0.259 e. The molecule has 1 atom stereocenters. The summed E-state index contributed by atoms with van der Waals surface area (Å²) in [5.41, 5.74) is 1.29. The number of hydrogen-bond acceptors (Lipinski definition) is 4. The molecule has 0 fully saturated rings. The fourth-order valence-corrected chi connectivity index (χ4v) is 6.04. The van der Waals surface area contributed by atoms with Crippen LogP contribution in [-0.2, 0) is 16.4 Å². The van der Waals surface area contributed by atoms with E-state index in [-0.39, 0.29) is 44.8 Å². The van der Waals surface area contributed by atoms with E-state index < -0.39 is 27.5 Å². The van der Waals surface area contributed by atoms with Crippen LogP contribution in [0.4, 0.5) is 10.1 Å². The minimum atomic E-state index is -4.10. The van der Waals surface area contributed by atoms with E-state index >= 15 is 0 Å². The van der Waals surface area contributed by atoms with Crippen molar-refractivity contribution in [3.8, 4) is 0 Å². The Morgan fingerprint density at radius 2 is 1.57 bits per heavy atom. The highest BCUT2D eigenvalue weighted by atomic mass is 32.2. The highest BCUT2D eigenvalue weighted by molar-refractivity contribution is 7.91. The van der Waals surface area contributed by atoms with E-state index in [2.05, 4.69) is 5.32 Å². The van der Waals surface area contributed by atoms with Crippen molar-refractivity contribution in [2.24, 2.45) is 0 Å². The number of halogens is 1. The summed E-state index contributed by atoms with van der Waals surface area (Å²) in [5, 5.41) is 2.91. The Balaban J connectivity index is 1.61. The number of nitrogens with zero attached hydrogens (tertiary/aromatic N) is 1. The third-order valence-corrected chi connectivity index (χ3v) is 8.25. The molecule has 186 valence electrons. The Bertz CT molecular complexity index is 1620. The third-order valence-electron chi connectivity index (χ3n) is 6.39. The lowest BCUT2D eigenvalue weighted by molar-refractivity contribution is 0.0937. The highest BCUT2D eigenvalue weighted by Crippen LogP contribution is 2.38. The van der Waals surface area contributed by atoms with Crippen molar-refractivity contribution < 1.29 is 22.4 Å². The number of carbonyl (C=O) groups excluding carboxylic acids is 2. The Morgan fingerprint density at radius 3 is 2.32 bits per heavy atom. The number of anilines is 1. The second-order valence-corrected chi connectivity index (χ2v) is 10.7. The zero-order valence-electron chi connectivity index (χ0n) is 19.9. The van der Waals surface area contributed by atoms with Crippen LogP contribution in [0.1, 0.15) is 44.8 Å². The number of benzene rings is 4. The Labute approximate surface area is 214 Å². The van der Waals surface area contributed by atoms with Gasteiger partial charge in [0.15, 0.2) is 0 Å². The van der Waals surface area contributed by atoms with Gasteiger partial charge in [-0.05, 0) is 48.9 Å². The first-order valence-corrected chi connectivity index (χ1v) is 13.1. The lowest BCUT2D eigenvalue weighted by Crippen LogP contribution is -2.31. The molecule has 5 rings (SSSR count). The number of sulfone groups is 1. The molecule has 6 nitrogen and oxygen atoms in total. The molecular weight excluding hydrogens is 491 g/mol. The van der Waals surface area contributed by atoms with Crippen LogP contribution >= 0.6 is 0 Å². The van der Waals surface area contributed by atoms with Gasteiger partial charge in [0.2, 0.25) is 9.84 Å². The van der Waals surface area contributed by atoms with E-state index in [0.717, 1.165) is 5.56 Å². The van der Waals surface area contributed by atoms with E-state index in [4.69, 9.17) is 0 Å². The van der Waals surface area contributed by atoms with Gasteiger partial charge in [-0.1, -0.05) is 60.7 Å². The monoisotopic (exact) mass is 514 g/mol. The molecule has 1 aliphatic rings. The van der Waals surface area contributed by atoms with Gasteiger partial charge in [0, 0.05) is 11.1 Å². The fourth-order valence-electron chi connectivity index (χ4n) is 4.41. The second-order valence-electron chi connectivity index (χ2n) is 8.77. The van der Waals surface area contributed by atoms with Crippen LogP contribution in [0.2, 0.25) is 0 Å². The molecule has 8 heteroatoms. The lowest BCUT2D eigenvalue weighted by Gasteiger charge is -2.24. The summed E-state index contributed by atoms with van der Waals surface area (Å²) < 4.78 is 41.8. The summed E-state index contributed by atoms with van der Waals surface area (Å²) in [7, 11) is -4.10. The van der Waals surface area contributed by atoms with Gasteiger partial charge in [-0.15, -0.1) is 0 Å². The number of nitrogens with one attached hydrogen (secondary N) is 1. The predicted octanol–water partition coefficient (Wildman–Crippen LogP) is 5.31. The maximum Gasteiger partial charge on any atom is 0.259 e. The molecule has 0 saturated carbocycles. The average Bonchev–Trinajstić information content (AvgIpc) is 2.98. The number of carbonyl (C=O) groups is 2. The molecule has 37 heavy (non-hydrogen) atoms. The zero-order chi connectivity index (χ0) is 26.2. The number of fused-ring (bicyclic) bond motifs is 2. The van der Waals surface area contributed by atoms with Gasteiger partial charge in [-0.3, -0.25) is 9.59 Å². The van der Waals surface area contributed by atoms with E-state index in [1.807, 2.05) is 37.3 Å². The summed E-state index contributed by atoms with van der Waals surface area (Å²) in [4.78, 5) is 27.8. The number of rotatable bonds is 5. The molecule has 0 bridgehead atoms. The van der Waals surface area contributed by atoms with Crippen molar-refractivity contribution >= 4 is 27.3 Å². The molecule has 1 N–H and O–H groups in total. The number of amides is 2. The number of hydrogen-bond donors (Lipinski definition) is 1. The maximum atomic E-state index is 14.6. The topological polar surface area (TPSA) is 83.6 Å². The normalized spacial score (nSPS) is 14.8. The second kappa shape index (κ2) is 9.63. The van der Waals surface area contributed by atoms with E-state index in [1.165, 1.54) is 53.4 Å². The summed E-state index contributed by atoms with van der Waals surface area (Å²) in [6.45, 7) is 1.62. The first-order valence-electron chi connectivity index (χ1n) is 11.7. The summed E-state index contributed by atoms with van der Waals surface area (Å²) in [5.74, 6) is -1.56. The average molecular weight is 515 g/mol. The molecule has 0 radical (unpaired) electrons. The van der Waals surface area contributed by atoms with Crippen molar-refractivity contribution in [3.63, 3.8) is 0 Å². The van der Waals surface area contributed by atoms with Crippen LogP contribution in [0, 0.1) is 5.82 Å². The van der Waals surface area contributed by atoms with Crippen LogP contribution in [-0.4, -0.2) is 20.2 Å². The maximum absolute atomic E-state index is 14.6. The van der Waals surface area contributed by atoms with Crippen molar-refractivity contribution in [1.82, 2.24) is 5.32 Å². The molecule has 0 aliphatic carbocycles. The van der Waals surface area contributed by atoms with Crippen LogP contribution in [0.3, 0.4) is 0 Å². The molecule has 0 saturated heterocycles. The van der Waals surface area contributed by atoms with Gasteiger partial charge in [-0.2, -0.15) is 0 Å². The Hall–Kier alpha value is -4.30. The first-order chi connectivity index (χ1) is 17.8. The SMILES string of the molecule is C[C@H](NC(=O)c1ccc2c(c1)N(Cc1ccccc1F)C(=O)c1ccccc1S2(=O)=O)c1ccccc1. The molecular formula is C29H23FN2O4S. The Kier molecular flexibility index (Phi) is 6.35. The van der Waals surface area contributed by atoms with Gasteiger partial charge < -0.3 is 10.2 Å². The largest absolute Gasteiger partial charge is 0.346 e. The molecule has 4 aromatic carbocycles. The van der Waals surface area contributed by atoms with Crippen molar-refractivity contribution in [2.75, 3.05) is 4.90 Å². The molecule has 4 aromatic rings. The van der Waals surface area contributed by atoms with Gasteiger partial charge in [-0.25, -0.2) is 12.8 Å².